The van der Waals surface area contributed by atoms with Crippen molar-refractivity contribution in [1.82, 2.24) is 15.3 Å². The fraction of sp³-hybridized carbons (Fsp3) is 0.143. The van der Waals surface area contributed by atoms with E-state index in [1.165, 1.54) is 11.3 Å². The second-order valence-electron chi connectivity index (χ2n) is 4.31. The molecule has 0 aliphatic heterocycles. The third-order valence-corrected chi connectivity index (χ3v) is 3.96. The van der Waals surface area contributed by atoms with E-state index in [1.807, 2.05) is 42.8 Å². The van der Waals surface area contributed by atoms with E-state index in [2.05, 4.69) is 15.3 Å². The lowest BCUT2D eigenvalue weighted by molar-refractivity contribution is 0.0941. The summed E-state index contributed by atoms with van der Waals surface area (Å²) in [4.78, 5) is 19.6. The minimum absolute atomic E-state index is 0.0854. The zero-order valence-electron chi connectivity index (χ0n) is 10.4. The molecule has 1 atom stereocenters. The fourth-order valence-electron chi connectivity index (χ4n) is 2.06. The molecule has 96 valence electrons. The summed E-state index contributed by atoms with van der Waals surface area (Å²) < 4.78 is 0. The number of thiazole rings is 1. The van der Waals surface area contributed by atoms with Gasteiger partial charge in [0.25, 0.3) is 5.91 Å². The molecule has 3 aromatic rings. The number of para-hydroxylation sites is 1. The Bertz CT molecular complexity index is 702. The maximum absolute atomic E-state index is 12.3. The molecular weight excluding hydrogens is 258 g/mol. The molecule has 0 aliphatic rings. The van der Waals surface area contributed by atoms with Crippen LogP contribution in [-0.2, 0) is 0 Å². The van der Waals surface area contributed by atoms with Crippen LogP contribution in [0.15, 0.2) is 42.0 Å². The number of hydrogen-bond acceptors (Lipinski definition) is 3. The lowest BCUT2D eigenvalue weighted by atomic mass is 10.1. The van der Waals surface area contributed by atoms with Crippen molar-refractivity contribution in [3.05, 3.63) is 52.6 Å². The summed E-state index contributed by atoms with van der Waals surface area (Å²) in [5, 5.41) is 6.82. The zero-order chi connectivity index (χ0) is 13.2. The molecule has 2 aromatic heterocycles. The van der Waals surface area contributed by atoms with Gasteiger partial charge in [-0.1, -0.05) is 12.1 Å². The van der Waals surface area contributed by atoms with E-state index in [1.54, 1.807) is 6.20 Å². The molecule has 1 aromatic carbocycles. The third kappa shape index (κ3) is 2.24. The first-order chi connectivity index (χ1) is 9.25. The Balaban J connectivity index is 1.86. The number of amides is 1. The highest BCUT2D eigenvalue weighted by molar-refractivity contribution is 7.09. The minimum atomic E-state index is -0.0873. The standard InChI is InChI=1S/C14H13N3OS/c1-9(14-16-7-8-19-14)17-13(18)11-4-2-3-10-5-6-15-12(10)11/h2-9,15H,1H3,(H,17,18). The molecule has 4 nitrogen and oxygen atoms in total. The summed E-state index contributed by atoms with van der Waals surface area (Å²) in [6.45, 7) is 1.94. The van der Waals surface area contributed by atoms with Gasteiger partial charge in [-0.3, -0.25) is 4.79 Å². The quantitative estimate of drug-likeness (QED) is 0.769. The SMILES string of the molecule is CC(NC(=O)c1cccc2cc[nH]c12)c1nccs1. The van der Waals surface area contributed by atoms with E-state index in [0.717, 1.165) is 15.9 Å². The second kappa shape index (κ2) is 4.85. The van der Waals surface area contributed by atoms with E-state index in [9.17, 15) is 4.79 Å². The van der Waals surface area contributed by atoms with Crippen molar-refractivity contribution >= 4 is 28.1 Å². The van der Waals surface area contributed by atoms with Crippen molar-refractivity contribution in [1.29, 1.82) is 0 Å². The van der Waals surface area contributed by atoms with Gasteiger partial charge in [-0.2, -0.15) is 0 Å². The third-order valence-electron chi connectivity index (χ3n) is 3.00. The van der Waals surface area contributed by atoms with Gasteiger partial charge in [0.2, 0.25) is 0 Å². The summed E-state index contributed by atoms with van der Waals surface area (Å²) in [5.41, 5.74) is 1.53. The minimum Gasteiger partial charge on any atom is -0.361 e. The Morgan fingerprint density at radius 1 is 1.42 bits per heavy atom. The Morgan fingerprint density at radius 2 is 2.32 bits per heavy atom. The molecule has 19 heavy (non-hydrogen) atoms. The van der Waals surface area contributed by atoms with Crippen LogP contribution in [0.4, 0.5) is 0 Å². The number of rotatable bonds is 3. The summed E-state index contributed by atoms with van der Waals surface area (Å²) in [6.07, 6.45) is 3.58. The van der Waals surface area contributed by atoms with Crippen molar-refractivity contribution in [3.63, 3.8) is 0 Å². The maximum Gasteiger partial charge on any atom is 0.253 e. The van der Waals surface area contributed by atoms with Crippen molar-refractivity contribution in [3.8, 4) is 0 Å². The Hall–Kier alpha value is -2.14. The molecule has 0 saturated heterocycles. The number of hydrogen-bond donors (Lipinski definition) is 2. The van der Waals surface area contributed by atoms with Gasteiger partial charge in [-0.15, -0.1) is 11.3 Å². The lowest BCUT2D eigenvalue weighted by Crippen LogP contribution is -2.26. The largest absolute Gasteiger partial charge is 0.361 e. The summed E-state index contributed by atoms with van der Waals surface area (Å²) >= 11 is 1.54. The number of H-pyrrole nitrogens is 1. The van der Waals surface area contributed by atoms with Gasteiger partial charge in [0.15, 0.2) is 0 Å². The highest BCUT2D eigenvalue weighted by Crippen LogP contribution is 2.19. The van der Waals surface area contributed by atoms with E-state index in [-0.39, 0.29) is 11.9 Å². The van der Waals surface area contributed by atoms with E-state index < -0.39 is 0 Å². The van der Waals surface area contributed by atoms with Crippen LogP contribution in [0.5, 0.6) is 0 Å². The number of aromatic nitrogens is 2. The topological polar surface area (TPSA) is 57.8 Å². The molecule has 0 spiro atoms. The molecule has 3 rings (SSSR count). The van der Waals surface area contributed by atoms with Crippen molar-refractivity contribution in [2.45, 2.75) is 13.0 Å². The molecule has 1 amide bonds. The monoisotopic (exact) mass is 271 g/mol. The number of carbonyl (C=O) groups excluding carboxylic acids is 1. The van der Waals surface area contributed by atoms with E-state index in [4.69, 9.17) is 0 Å². The number of aromatic amines is 1. The number of nitrogens with one attached hydrogen (secondary N) is 2. The second-order valence-corrected chi connectivity index (χ2v) is 5.24. The smallest absolute Gasteiger partial charge is 0.253 e. The van der Waals surface area contributed by atoms with Crippen LogP contribution in [-0.4, -0.2) is 15.9 Å². The molecule has 0 saturated carbocycles. The average molecular weight is 271 g/mol. The van der Waals surface area contributed by atoms with Gasteiger partial charge in [0.05, 0.1) is 17.1 Å². The van der Waals surface area contributed by atoms with Crippen LogP contribution in [0.3, 0.4) is 0 Å². The molecular formula is C14H13N3OS. The van der Waals surface area contributed by atoms with Crippen LogP contribution in [0, 0.1) is 0 Å². The van der Waals surface area contributed by atoms with Gasteiger partial charge in [-0.05, 0) is 19.1 Å². The van der Waals surface area contributed by atoms with E-state index in [0.29, 0.717) is 5.56 Å². The summed E-state index contributed by atoms with van der Waals surface area (Å²) in [7, 11) is 0. The van der Waals surface area contributed by atoms with Gasteiger partial charge in [0.1, 0.15) is 5.01 Å². The number of carbonyl (C=O) groups is 1. The molecule has 1 unspecified atom stereocenters. The first kappa shape index (κ1) is 11.9. The molecule has 0 radical (unpaired) electrons. The van der Waals surface area contributed by atoms with Gasteiger partial charge >= 0.3 is 0 Å². The highest BCUT2D eigenvalue weighted by Gasteiger charge is 2.15. The number of nitrogens with zero attached hydrogens (tertiary/aromatic N) is 1. The molecule has 0 fully saturated rings. The molecule has 0 bridgehead atoms. The van der Waals surface area contributed by atoms with Crippen LogP contribution >= 0.6 is 11.3 Å². The predicted octanol–water partition coefficient (Wildman–Crippen LogP) is 3.12. The van der Waals surface area contributed by atoms with Gasteiger partial charge < -0.3 is 10.3 Å². The van der Waals surface area contributed by atoms with Crippen molar-refractivity contribution < 1.29 is 4.79 Å². The molecule has 0 aliphatic carbocycles. The molecule has 2 heterocycles. The summed E-state index contributed by atoms with van der Waals surface area (Å²) in [5.74, 6) is -0.0873. The Morgan fingerprint density at radius 3 is 3.11 bits per heavy atom. The Kier molecular flexibility index (Phi) is 3.05. The number of fused-ring (bicyclic) bond motifs is 1. The van der Waals surface area contributed by atoms with Gasteiger partial charge in [0, 0.05) is 23.2 Å². The highest BCUT2D eigenvalue weighted by atomic mass is 32.1. The Labute approximate surface area is 114 Å². The summed E-state index contributed by atoms with van der Waals surface area (Å²) in [6, 6.07) is 7.56. The fourth-order valence-corrected chi connectivity index (χ4v) is 2.70. The average Bonchev–Trinajstić information content (AvgIpc) is 3.08. The normalized spacial score (nSPS) is 12.5. The van der Waals surface area contributed by atoms with E-state index >= 15 is 0 Å². The maximum atomic E-state index is 12.3. The molecule has 2 N–H and O–H groups in total. The molecule has 5 heteroatoms. The lowest BCUT2D eigenvalue weighted by Gasteiger charge is -2.11. The van der Waals surface area contributed by atoms with Crippen molar-refractivity contribution in [2.24, 2.45) is 0 Å². The van der Waals surface area contributed by atoms with Crippen LogP contribution in [0.1, 0.15) is 28.3 Å². The van der Waals surface area contributed by atoms with Crippen molar-refractivity contribution in [2.75, 3.05) is 0 Å². The predicted molar refractivity (Wildman–Crippen MR) is 76.3 cm³/mol. The first-order valence-electron chi connectivity index (χ1n) is 6.02. The van der Waals surface area contributed by atoms with Crippen LogP contribution in [0.25, 0.3) is 10.9 Å². The first-order valence-corrected chi connectivity index (χ1v) is 6.90. The zero-order valence-corrected chi connectivity index (χ0v) is 11.2. The number of benzene rings is 1. The van der Waals surface area contributed by atoms with Crippen LogP contribution < -0.4 is 5.32 Å². The van der Waals surface area contributed by atoms with Crippen LogP contribution in [0.2, 0.25) is 0 Å². The van der Waals surface area contributed by atoms with Gasteiger partial charge in [-0.25, -0.2) is 4.98 Å².